The summed E-state index contributed by atoms with van der Waals surface area (Å²) in [6.45, 7) is 6.00. The van der Waals surface area contributed by atoms with Gasteiger partial charge in [-0.2, -0.15) is 8.42 Å². The number of ether oxygens (including phenoxy) is 1. The lowest BCUT2D eigenvalue weighted by atomic mass is 10.2. The number of carbonyl (C=O) groups is 1. The van der Waals surface area contributed by atoms with E-state index in [0.29, 0.717) is 22.3 Å². The Kier molecular flexibility index (Phi) is 5.76. The maximum Gasteiger partial charge on any atom is 0.338 e. The van der Waals surface area contributed by atoms with Crippen LogP contribution in [0.5, 0.6) is 0 Å². The van der Waals surface area contributed by atoms with Gasteiger partial charge in [0.1, 0.15) is 5.82 Å². The summed E-state index contributed by atoms with van der Waals surface area (Å²) in [6.07, 6.45) is 1.62. The van der Waals surface area contributed by atoms with Gasteiger partial charge in [0, 0.05) is 6.54 Å². The van der Waals surface area contributed by atoms with Gasteiger partial charge in [-0.3, -0.25) is 0 Å². The van der Waals surface area contributed by atoms with Crippen LogP contribution in [0.4, 0.5) is 4.39 Å². The topological polar surface area (TPSA) is 77.7 Å². The van der Waals surface area contributed by atoms with Crippen molar-refractivity contribution in [3.8, 4) is 0 Å². The molecule has 1 aromatic heterocycles. The zero-order chi connectivity index (χ0) is 20.3. The first-order chi connectivity index (χ1) is 13.4. The van der Waals surface area contributed by atoms with E-state index in [1.54, 1.807) is 35.8 Å². The first-order valence-corrected chi connectivity index (χ1v) is 10.6. The average molecular weight is 420 g/mol. The van der Waals surface area contributed by atoms with E-state index in [9.17, 15) is 17.6 Å². The molecule has 0 saturated heterocycles. The minimum Gasteiger partial charge on any atom is -0.462 e. The van der Waals surface area contributed by atoms with Crippen molar-refractivity contribution in [3.05, 3.63) is 71.3 Å². The van der Waals surface area contributed by atoms with Crippen molar-refractivity contribution in [1.82, 2.24) is 4.57 Å². The summed E-state index contributed by atoms with van der Waals surface area (Å²) in [4.78, 5) is 12.1. The van der Waals surface area contributed by atoms with Crippen LogP contribution in [0.3, 0.4) is 0 Å². The number of allylic oxidation sites excluding steroid dienone is 1. The van der Waals surface area contributed by atoms with Crippen molar-refractivity contribution in [1.29, 1.82) is 0 Å². The Hall–Kier alpha value is -2.78. The Labute approximate surface area is 165 Å². The number of benzene rings is 2. The number of hydrogen-bond donors (Lipinski definition) is 0. The number of carbonyl (C=O) groups excluding carboxylic acids is 1. The van der Waals surface area contributed by atoms with Crippen molar-refractivity contribution < 1.29 is 22.3 Å². The minimum atomic E-state index is -4.03. The van der Waals surface area contributed by atoms with Crippen LogP contribution in [-0.4, -0.2) is 25.6 Å². The summed E-state index contributed by atoms with van der Waals surface area (Å²) >= 11 is 1.13. The monoisotopic (exact) mass is 420 g/mol. The van der Waals surface area contributed by atoms with E-state index in [0.717, 1.165) is 35.6 Å². The van der Waals surface area contributed by atoms with Crippen molar-refractivity contribution >= 4 is 37.5 Å². The SMILES string of the molecule is C=CCn1/c(=N/S(=O)(=O)c2ccc(F)cc2)sc2cc(C(=O)OCC)ccc21. The van der Waals surface area contributed by atoms with Gasteiger partial charge in [0.05, 0.1) is 27.3 Å². The smallest absolute Gasteiger partial charge is 0.338 e. The molecule has 0 spiro atoms. The second kappa shape index (κ2) is 8.07. The zero-order valence-corrected chi connectivity index (χ0v) is 16.6. The molecular formula is C19H17FN2O4S2. The van der Waals surface area contributed by atoms with Crippen LogP contribution < -0.4 is 4.80 Å². The minimum absolute atomic E-state index is 0.108. The first-order valence-electron chi connectivity index (χ1n) is 8.33. The molecule has 0 amide bonds. The number of esters is 1. The standard InChI is InChI=1S/C19H17FN2O4S2/c1-3-11-22-16-10-5-13(18(23)26-4-2)12-17(16)27-19(22)21-28(24,25)15-8-6-14(20)7-9-15/h3,5-10,12H,1,4,11H2,2H3/b21-19-. The van der Waals surface area contributed by atoms with Gasteiger partial charge < -0.3 is 9.30 Å². The molecule has 9 heteroatoms. The number of aromatic nitrogens is 1. The molecular weight excluding hydrogens is 403 g/mol. The molecule has 0 bridgehead atoms. The van der Waals surface area contributed by atoms with E-state index in [-0.39, 0.29) is 16.3 Å². The Morgan fingerprint density at radius 3 is 2.64 bits per heavy atom. The number of sulfonamides is 1. The second-order valence-electron chi connectivity index (χ2n) is 5.71. The van der Waals surface area contributed by atoms with Crippen LogP contribution in [0.25, 0.3) is 10.2 Å². The fourth-order valence-corrected chi connectivity index (χ4v) is 4.83. The number of hydrogen-bond acceptors (Lipinski definition) is 5. The van der Waals surface area contributed by atoms with E-state index in [1.807, 2.05) is 0 Å². The lowest BCUT2D eigenvalue weighted by molar-refractivity contribution is 0.0526. The molecule has 1 heterocycles. The molecule has 6 nitrogen and oxygen atoms in total. The first kappa shape index (κ1) is 20.0. The molecule has 3 aromatic rings. The highest BCUT2D eigenvalue weighted by Crippen LogP contribution is 2.21. The quantitative estimate of drug-likeness (QED) is 0.452. The predicted molar refractivity (Wildman–Crippen MR) is 105 cm³/mol. The number of thiazole rings is 1. The lowest BCUT2D eigenvalue weighted by Gasteiger charge is -2.03. The molecule has 146 valence electrons. The summed E-state index contributed by atoms with van der Waals surface area (Å²) in [5.41, 5.74) is 1.08. The van der Waals surface area contributed by atoms with E-state index in [1.165, 1.54) is 0 Å². The van der Waals surface area contributed by atoms with Crippen LogP contribution >= 0.6 is 11.3 Å². The van der Waals surface area contributed by atoms with E-state index in [2.05, 4.69) is 11.0 Å². The summed E-state index contributed by atoms with van der Waals surface area (Å²) in [7, 11) is -4.03. The Morgan fingerprint density at radius 1 is 1.29 bits per heavy atom. The molecule has 0 N–H and O–H groups in total. The fraction of sp³-hybridized carbons (Fsp3) is 0.158. The van der Waals surface area contributed by atoms with Gasteiger partial charge in [-0.1, -0.05) is 17.4 Å². The predicted octanol–water partition coefficient (Wildman–Crippen LogP) is 3.49. The highest BCUT2D eigenvalue weighted by molar-refractivity contribution is 7.90. The summed E-state index contributed by atoms with van der Waals surface area (Å²) in [5.74, 6) is -0.987. The maximum atomic E-state index is 13.1. The van der Waals surface area contributed by atoms with Gasteiger partial charge in [0.15, 0.2) is 0 Å². The second-order valence-corrected chi connectivity index (χ2v) is 8.32. The van der Waals surface area contributed by atoms with Crippen LogP contribution in [0.2, 0.25) is 0 Å². The summed E-state index contributed by atoms with van der Waals surface area (Å²) in [5, 5.41) is 0. The Balaban J connectivity index is 2.17. The van der Waals surface area contributed by atoms with Crippen molar-refractivity contribution in [2.24, 2.45) is 4.40 Å². The molecule has 0 saturated carbocycles. The van der Waals surface area contributed by atoms with Gasteiger partial charge in [0.2, 0.25) is 4.80 Å². The van der Waals surface area contributed by atoms with Crippen molar-refractivity contribution in [2.45, 2.75) is 18.4 Å². The summed E-state index contributed by atoms with van der Waals surface area (Å²) in [6, 6.07) is 9.43. The van der Waals surface area contributed by atoms with Crippen LogP contribution in [0, 0.1) is 5.82 Å². The molecule has 0 fully saturated rings. The number of halogens is 1. The van der Waals surface area contributed by atoms with Gasteiger partial charge >= 0.3 is 5.97 Å². The van der Waals surface area contributed by atoms with Crippen LogP contribution in [0.1, 0.15) is 17.3 Å². The third-order valence-corrected chi connectivity index (χ3v) is 6.25. The molecule has 0 aliphatic heterocycles. The molecule has 3 rings (SSSR count). The maximum absolute atomic E-state index is 13.1. The van der Waals surface area contributed by atoms with Gasteiger partial charge in [-0.25, -0.2) is 9.18 Å². The highest BCUT2D eigenvalue weighted by atomic mass is 32.2. The third-order valence-electron chi connectivity index (χ3n) is 3.82. The Morgan fingerprint density at radius 2 is 2.00 bits per heavy atom. The molecule has 0 aliphatic carbocycles. The Bertz CT molecular complexity index is 1210. The fourth-order valence-electron chi connectivity index (χ4n) is 2.55. The number of nitrogens with zero attached hydrogens (tertiary/aromatic N) is 2. The van der Waals surface area contributed by atoms with Crippen LogP contribution in [0.15, 0.2) is 64.4 Å². The van der Waals surface area contributed by atoms with Crippen molar-refractivity contribution in [3.63, 3.8) is 0 Å². The van der Waals surface area contributed by atoms with Gasteiger partial charge in [-0.15, -0.1) is 11.0 Å². The van der Waals surface area contributed by atoms with Crippen LogP contribution in [-0.2, 0) is 21.3 Å². The zero-order valence-electron chi connectivity index (χ0n) is 15.0. The summed E-state index contributed by atoms with van der Waals surface area (Å²) < 4.78 is 49.6. The normalized spacial score (nSPS) is 12.3. The highest BCUT2D eigenvalue weighted by Gasteiger charge is 2.16. The number of fused-ring (bicyclic) bond motifs is 1. The average Bonchev–Trinajstić information content (AvgIpc) is 2.98. The van der Waals surface area contributed by atoms with E-state index < -0.39 is 21.8 Å². The lowest BCUT2D eigenvalue weighted by Crippen LogP contribution is -2.16. The molecule has 28 heavy (non-hydrogen) atoms. The van der Waals surface area contributed by atoms with Gasteiger partial charge in [0.25, 0.3) is 10.0 Å². The van der Waals surface area contributed by atoms with Crippen molar-refractivity contribution in [2.75, 3.05) is 6.61 Å². The van der Waals surface area contributed by atoms with E-state index >= 15 is 0 Å². The molecule has 0 radical (unpaired) electrons. The third kappa shape index (κ3) is 4.05. The van der Waals surface area contributed by atoms with E-state index in [4.69, 9.17) is 4.74 Å². The molecule has 0 aliphatic rings. The number of rotatable bonds is 6. The van der Waals surface area contributed by atoms with Gasteiger partial charge in [-0.05, 0) is 49.4 Å². The molecule has 0 unspecified atom stereocenters. The molecule has 0 atom stereocenters. The molecule has 2 aromatic carbocycles. The largest absolute Gasteiger partial charge is 0.462 e.